The van der Waals surface area contributed by atoms with Gasteiger partial charge in [-0.3, -0.25) is 9.59 Å². The predicted molar refractivity (Wildman–Crippen MR) is 103 cm³/mol. The van der Waals surface area contributed by atoms with Crippen LogP contribution in [0.3, 0.4) is 0 Å². The van der Waals surface area contributed by atoms with Crippen molar-refractivity contribution in [2.45, 2.75) is 6.92 Å². The van der Waals surface area contributed by atoms with E-state index >= 15 is 0 Å². The quantitative estimate of drug-likeness (QED) is 0.677. The molecule has 0 aliphatic rings. The number of anilines is 2. The van der Waals surface area contributed by atoms with E-state index in [0.29, 0.717) is 39.9 Å². The highest BCUT2D eigenvalue weighted by Crippen LogP contribution is 2.29. The molecular weight excluding hydrogens is 362 g/mol. The zero-order chi connectivity index (χ0) is 20.1. The molecule has 0 aliphatic carbocycles. The Labute approximate surface area is 161 Å². The molecule has 0 saturated carbocycles. The van der Waals surface area contributed by atoms with Gasteiger partial charge in [0.05, 0.1) is 19.9 Å². The van der Waals surface area contributed by atoms with Gasteiger partial charge in [-0.2, -0.15) is 0 Å². The number of ether oxygens (including phenoxy) is 2. The Balaban J connectivity index is 1.69. The summed E-state index contributed by atoms with van der Waals surface area (Å²) in [6.45, 7) is 1.73. The smallest absolute Gasteiger partial charge is 0.256 e. The van der Waals surface area contributed by atoms with Crippen LogP contribution in [0.1, 0.15) is 26.5 Å². The number of aryl methyl sites for hydroxylation is 1. The molecule has 2 aromatic carbocycles. The molecule has 28 heavy (non-hydrogen) atoms. The van der Waals surface area contributed by atoms with Crippen molar-refractivity contribution in [2.24, 2.45) is 0 Å². The second kappa shape index (κ2) is 8.26. The minimum atomic E-state index is -0.350. The van der Waals surface area contributed by atoms with Gasteiger partial charge >= 0.3 is 0 Å². The monoisotopic (exact) mass is 381 g/mol. The van der Waals surface area contributed by atoms with E-state index in [0.717, 1.165) is 0 Å². The number of nitrogens with zero attached hydrogens (tertiary/aromatic N) is 1. The van der Waals surface area contributed by atoms with Crippen LogP contribution in [0, 0.1) is 6.92 Å². The first-order valence-electron chi connectivity index (χ1n) is 8.38. The van der Waals surface area contributed by atoms with E-state index in [1.54, 1.807) is 62.6 Å². The maximum Gasteiger partial charge on any atom is 0.256 e. The molecule has 1 aromatic heterocycles. The zero-order valence-corrected chi connectivity index (χ0v) is 15.6. The average molecular weight is 381 g/mol. The van der Waals surface area contributed by atoms with Crippen molar-refractivity contribution in [3.8, 4) is 11.5 Å². The molecule has 0 bridgehead atoms. The lowest BCUT2D eigenvalue weighted by molar-refractivity contribution is 0.101. The average Bonchev–Trinajstić information content (AvgIpc) is 3.12. The maximum atomic E-state index is 12.5. The Kier molecular flexibility index (Phi) is 5.59. The maximum absolute atomic E-state index is 12.5. The Morgan fingerprint density at radius 3 is 2.07 bits per heavy atom. The van der Waals surface area contributed by atoms with E-state index in [2.05, 4.69) is 15.8 Å². The molecule has 2 amide bonds. The topological polar surface area (TPSA) is 103 Å². The zero-order valence-electron chi connectivity index (χ0n) is 15.6. The summed E-state index contributed by atoms with van der Waals surface area (Å²) in [5.41, 5.74) is 1.29. The van der Waals surface area contributed by atoms with Gasteiger partial charge in [0.1, 0.15) is 17.3 Å². The van der Waals surface area contributed by atoms with Crippen molar-refractivity contribution in [1.29, 1.82) is 0 Å². The van der Waals surface area contributed by atoms with Crippen LogP contribution < -0.4 is 20.1 Å². The Hall–Kier alpha value is -3.81. The molecule has 8 nitrogen and oxygen atoms in total. The molecule has 0 saturated heterocycles. The first-order chi connectivity index (χ1) is 13.5. The number of rotatable bonds is 6. The molecule has 0 radical (unpaired) electrons. The van der Waals surface area contributed by atoms with Gasteiger partial charge in [0.2, 0.25) is 0 Å². The second-order valence-corrected chi connectivity index (χ2v) is 5.87. The van der Waals surface area contributed by atoms with Crippen LogP contribution in [0.4, 0.5) is 11.5 Å². The van der Waals surface area contributed by atoms with E-state index in [1.807, 2.05) is 0 Å². The number of aromatic nitrogens is 1. The minimum Gasteiger partial charge on any atom is -0.497 e. The van der Waals surface area contributed by atoms with Crippen LogP contribution in [0.15, 0.2) is 53.1 Å². The van der Waals surface area contributed by atoms with Gasteiger partial charge < -0.3 is 24.6 Å². The van der Waals surface area contributed by atoms with Gasteiger partial charge in [-0.05, 0) is 43.3 Å². The lowest BCUT2D eigenvalue weighted by atomic mass is 10.1. The van der Waals surface area contributed by atoms with Crippen LogP contribution in [-0.2, 0) is 0 Å². The molecule has 3 aromatic rings. The van der Waals surface area contributed by atoms with Gasteiger partial charge in [0.15, 0.2) is 5.82 Å². The highest BCUT2D eigenvalue weighted by molar-refractivity contribution is 6.07. The number of benzene rings is 2. The summed E-state index contributed by atoms with van der Waals surface area (Å²) in [6.07, 6.45) is 0. The second-order valence-electron chi connectivity index (χ2n) is 5.87. The summed E-state index contributed by atoms with van der Waals surface area (Å²) in [6, 6.07) is 12.9. The lowest BCUT2D eigenvalue weighted by Crippen LogP contribution is -2.15. The number of hydrogen-bond donors (Lipinski definition) is 2. The highest BCUT2D eigenvalue weighted by Gasteiger charge is 2.13. The third-order valence-electron chi connectivity index (χ3n) is 3.94. The molecule has 8 heteroatoms. The van der Waals surface area contributed by atoms with Crippen molar-refractivity contribution in [3.05, 3.63) is 65.4 Å². The van der Waals surface area contributed by atoms with E-state index in [9.17, 15) is 9.59 Å². The summed E-state index contributed by atoms with van der Waals surface area (Å²) in [7, 11) is 3.06. The van der Waals surface area contributed by atoms with Crippen molar-refractivity contribution in [2.75, 3.05) is 24.9 Å². The Morgan fingerprint density at radius 1 is 0.893 bits per heavy atom. The summed E-state index contributed by atoms with van der Waals surface area (Å²) in [5, 5.41) is 9.11. The molecule has 0 fully saturated rings. The van der Waals surface area contributed by atoms with Crippen molar-refractivity contribution < 1.29 is 23.6 Å². The molecule has 144 valence electrons. The summed E-state index contributed by atoms with van der Waals surface area (Å²) >= 11 is 0. The summed E-state index contributed by atoms with van der Waals surface area (Å²) < 4.78 is 15.3. The SMILES string of the molecule is COc1ccc(NC(=O)c2ccc(C(=O)Nc3cc(C)on3)cc2)c(OC)c1. The number of amides is 2. The van der Waals surface area contributed by atoms with Crippen LogP contribution in [0.25, 0.3) is 0 Å². The van der Waals surface area contributed by atoms with Crippen molar-refractivity contribution in [3.63, 3.8) is 0 Å². The molecule has 3 rings (SSSR count). The van der Waals surface area contributed by atoms with Gasteiger partial charge in [-0.1, -0.05) is 5.16 Å². The van der Waals surface area contributed by atoms with E-state index in [-0.39, 0.29) is 11.8 Å². The van der Waals surface area contributed by atoms with Crippen LogP contribution in [0.2, 0.25) is 0 Å². The first kappa shape index (κ1) is 19.0. The number of nitrogens with one attached hydrogen (secondary N) is 2. The van der Waals surface area contributed by atoms with Crippen LogP contribution in [-0.4, -0.2) is 31.2 Å². The molecule has 2 N–H and O–H groups in total. The van der Waals surface area contributed by atoms with Crippen molar-refractivity contribution in [1.82, 2.24) is 5.16 Å². The number of hydrogen-bond acceptors (Lipinski definition) is 6. The molecule has 0 atom stereocenters. The van der Waals surface area contributed by atoms with E-state index in [1.165, 1.54) is 7.11 Å². The number of methoxy groups -OCH3 is 2. The molecule has 0 unspecified atom stereocenters. The molecule has 0 aliphatic heterocycles. The first-order valence-corrected chi connectivity index (χ1v) is 8.38. The third-order valence-corrected chi connectivity index (χ3v) is 3.94. The Morgan fingerprint density at radius 2 is 1.54 bits per heavy atom. The third kappa shape index (κ3) is 4.29. The van der Waals surface area contributed by atoms with Crippen molar-refractivity contribution >= 4 is 23.3 Å². The summed E-state index contributed by atoms with van der Waals surface area (Å²) in [4.78, 5) is 24.7. The fourth-order valence-electron chi connectivity index (χ4n) is 2.48. The fraction of sp³-hybridized carbons (Fsp3) is 0.150. The largest absolute Gasteiger partial charge is 0.497 e. The van der Waals surface area contributed by atoms with E-state index < -0.39 is 0 Å². The fourth-order valence-corrected chi connectivity index (χ4v) is 2.48. The van der Waals surface area contributed by atoms with E-state index in [4.69, 9.17) is 14.0 Å². The van der Waals surface area contributed by atoms with Crippen LogP contribution >= 0.6 is 0 Å². The molecule has 1 heterocycles. The predicted octanol–water partition coefficient (Wildman–Crippen LogP) is 3.50. The number of carbonyl (C=O) groups is 2. The van der Waals surface area contributed by atoms with Gasteiger partial charge in [-0.15, -0.1) is 0 Å². The van der Waals surface area contributed by atoms with Gasteiger partial charge in [-0.25, -0.2) is 0 Å². The lowest BCUT2D eigenvalue weighted by Gasteiger charge is -2.12. The van der Waals surface area contributed by atoms with Crippen LogP contribution in [0.5, 0.6) is 11.5 Å². The Bertz CT molecular complexity index is 995. The van der Waals surface area contributed by atoms with Gasteiger partial charge in [0, 0.05) is 23.3 Å². The standard InChI is InChI=1S/C20H19N3O5/c1-12-10-18(23-28-12)22-20(25)14-6-4-13(5-7-14)19(24)21-16-9-8-15(26-2)11-17(16)27-3/h4-11H,1-3H3,(H,21,24)(H,22,23,25). The minimum absolute atomic E-state index is 0.330. The highest BCUT2D eigenvalue weighted by atomic mass is 16.5. The number of carbonyl (C=O) groups excluding carboxylic acids is 2. The normalized spacial score (nSPS) is 10.2. The summed E-state index contributed by atoms with van der Waals surface area (Å²) in [5.74, 6) is 1.34. The van der Waals surface area contributed by atoms with Gasteiger partial charge in [0.25, 0.3) is 11.8 Å². The molecular formula is C20H19N3O5. The molecule has 0 spiro atoms.